The Labute approximate surface area is 146 Å². The molecule has 3 rings (SSSR count). The van der Waals surface area contributed by atoms with Crippen LogP contribution >= 0.6 is 0 Å². The van der Waals surface area contributed by atoms with Crippen LogP contribution in [-0.2, 0) is 19.5 Å². The molecule has 0 saturated heterocycles. The van der Waals surface area contributed by atoms with Gasteiger partial charge in [-0.2, -0.15) is 0 Å². The number of nitrogens with one attached hydrogen (secondary N) is 1. The second kappa shape index (κ2) is 7.59. The number of hydrogen-bond acceptors (Lipinski definition) is 4. The van der Waals surface area contributed by atoms with E-state index in [0.29, 0.717) is 43.2 Å². The summed E-state index contributed by atoms with van der Waals surface area (Å²) in [6.45, 7) is 5.06. The Kier molecular flexibility index (Phi) is 5.26. The van der Waals surface area contributed by atoms with Gasteiger partial charge < -0.3 is 19.0 Å². The smallest absolute Gasteiger partial charge is 0.257 e. The van der Waals surface area contributed by atoms with Gasteiger partial charge in [0, 0.05) is 18.3 Å². The summed E-state index contributed by atoms with van der Waals surface area (Å²) in [5.74, 6) is 1.64. The molecule has 1 aliphatic rings. The third-order valence-electron chi connectivity index (χ3n) is 4.42. The third kappa shape index (κ3) is 3.78. The average Bonchev–Trinajstić information content (AvgIpc) is 2.84. The second-order valence-electron chi connectivity index (χ2n) is 6.26. The van der Waals surface area contributed by atoms with Gasteiger partial charge in [-0.15, -0.1) is 0 Å². The van der Waals surface area contributed by atoms with Crippen molar-refractivity contribution >= 4 is 5.91 Å². The van der Waals surface area contributed by atoms with Crippen molar-refractivity contribution in [2.45, 2.75) is 52.6 Å². The van der Waals surface area contributed by atoms with Gasteiger partial charge in [-0.25, -0.2) is 0 Å². The van der Waals surface area contributed by atoms with Crippen LogP contribution in [0.3, 0.4) is 0 Å². The Hall–Kier alpha value is -2.50. The average molecular weight is 344 g/mol. The monoisotopic (exact) mass is 344 g/mol. The van der Waals surface area contributed by atoms with Gasteiger partial charge in [-0.3, -0.25) is 9.59 Å². The second-order valence-corrected chi connectivity index (χ2v) is 6.26. The molecule has 2 aromatic rings. The number of furan rings is 1. The van der Waals surface area contributed by atoms with Crippen LogP contribution in [-0.4, -0.2) is 17.1 Å². The molecule has 2 aromatic heterocycles. The first-order valence-electron chi connectivity index (χ1n) is 8.83. The SMILES string of the molecule is CCOc1cc(=O)n2c(c1C(=O)NCc1ccc(C)o1)CCCCC2. The molecule has 1 aliphatic heterocycles. The quantitative estimate of drug-likeness (QED) is 0.905. The van der Waals surface area contributed by atoms with Crippen LogP contribution in [0.5, 0.6) is 5.75 Å². The van der Waals surface area contributed by atoms with Crippen LogP contribution in [0.4, 0.5) is 0 Å². The zero-order valence-corrected chi connectivity index (χ0v) is 14.8. The van der Waals surface area contributed by atoms with Gasteiger partial charge in [0.25, 0.3) is 11.5 Å². The van der Waals surface area contributed by atoms with E-state index in [1.165, 1.54) is 6.07 Å². The standard InChI is InChI=1S/C19H24N2O4/c1-3-24-16-11-17(22)21-10-6-4-5-7-15(21)18(16)19(23)20-12-14-9-8-13(2)25-14/h8-9,11H,3-7,10,12H2,1-2H3,(H,20,23). The lowest BCUT2D eigenvalue weighted by Crippen LogP contribution is -2.30. The van der Waals surface area contributed by atoms with Gasteiger partial charge in [-0.1, -0.05) is 6.42 Å². The summed E-state index contributed by atoms with van der Waals surface area (Å²) in [5, 5.41) is 2.89. The highest BCUT2D eigenvalue weighted by Gasteiger charge is 2.23. The van der Waals surface area contributed by atoms with E-state index in [9.17, 15) is 9.59 Å². The van der Waals surface area contributed by atoms with Crippen LogP contribution < -0.4 is 15.6 Å². The molecule has 0 radical (unpaired) electrons. The molecule has 6 nitrogen and oxygen atoms in total. The summed E-state index contributed by atoms with van der Waals surface area (Å²) in [4.78, 5) is 25.3. The Balaban J connectivity index is 1.94. The van der Waals surface area contributed by atoms with E-state index < -0.39 is 0 Å². The normalized spacial score (nSPS) is 13.8. The predicted octanol–water partition coefficient (Wildman–Crippen LogP) is 2.80. The number of aryl methyl sites for hydroxylation is 1. The first kappa shape index (κ1) is 17.3. The summed E-state index contributed by atoms with van der Waals surface area (Å²) in [5.41, 5.74) is 1.16. The van der Waals surface area contributed by atoms with Gasteiger partial charge in [0.05, 0.1) is 13.2 Å². The molecule has 6 heteroatoms. The minimum Gasteiger partial charge on any atom is -0.493 e. The molecule has 3 heterocycles. The number of fused-ring (bicyclic) bond motifs is 1. The van der Waals surface area contributed by atoms with Crippen molar-refractivity contribution in [2.75, 3.05) is 6.61 Å². The first-order chi connectivity index (χ1) is 12.1. The molecule has 1 N–H and O–H groups in total. The largest absolute Gasteiger partial charge is 0.493 e. The number of aromatic nitrogens is 1. The summed E-state index contributed by atoms with van der Waals surface area (Å²) in [6.07, 6.45) is 3.68. The van der Waals surface area contributed by atoms with Crippen LogP contribution in [0.1, 0.15) is 53.8 Å². The van der Waals surface area contributed by atoms with Gasteiger partial charge in [0.1, 0.15) is 22.8 Å². The molecule has 25 heavy (non-hydrogen) atoms. The predicted molar refractivity (Wildman–Crippen MR) is 94.0 cm³/mol. The van der Waals surface area contributed by atoms with E-state index in [-0.39, 0.29) is 11.5 Å². The minimum atomic E-state index is -0.233. The van der Waals surface area contributed by atoms with Crippen molar-refractivity contribution in [3.8, 4) is 5.75 Å². The lowest BCUT2D eigenvalue weighted by molar-refractivity contribution is 0.0941. The minimum absolute atomic E-state index is 0.0986. The third-order valence-corrected chi connectivity index (χ3v) is 4.42. The van der Waals surface area contributed by atoms with E-state index >= 15 is 0 Å². The fourth-order valence-corrected chi connectivity index (χ4v) is 3.26. The fraction of sp³-hybridized carbons (Fsp3) is 0.474. The maximum Gasteiger partial charge on any atom is 0.257 e. The van der Waals surface area contributed by atoms with Crippen LogP contribution in [0.2, 0.25) is 0 Å². The number of ether oxygens (including phenoxy) is 1. The van der Waals surface area contributed by atoms with Crippen molar-refractivity contribution in [1.82, 2.24) is 9.88 Å². The summed E-state index contributed by atoms with van der Waals surface area (Å²) < 4.78 is 12.8. The number of rotatable bonds is 5. The van der Waals surface area contributed by atoms with Crippen LogP contribution in [0, 0.1) is 6.92 Å². The summed E-state index contributed by atoms with van der Waals surface area (Å²) >= 11 is 0. The highest BCUT2D eigenvalue weighted by Crippen LogP contribution is 2.25. The van der Waals surface area contributed by atoms with E-state index in [1.54, 1.807) is 4.57 Å². The van der Waals surface area contributed by atoms with Gasteiger partial charge in [0.2, 0.25) is 0 Å². The van der Waals surface area contributed by atoms with Crippen molar-refractivity contribution in [3.63, 3.8) is 0 Å². The molecule has 0 saturated carbocycles. The molecular weight excluding hydrogens is 320 g/mol. The number of carbonyl (C=O) groups excluding carboxylic acids is 1. The first-order valence-corrected chi connectivity index (χ1v) is 8.83. The Morgan fingerprint density at radius 2 is 2.16 bits per heavy atom. The highest BCUT2D eigenvalue weighted by molar-refractivity contribution is 5.98. The van der Waals surface area contributed by atoms with E-state index in [2.05, 4.69) is 5.32 Å². The van der Waals surface area contributed by atoms with Crippen molar-refractivity contribution in [1.29, 1.82) is 0 Å². The number of nitrogens with zero attached hydrogens (tertiary/aromatic N) is 1. The van der Waals surface area contributed by atoms with Crippen LogP contribution in [0.25, 0.3) is 0 Å². The Morgan fingerprint density at radius 1 is 1.32 bits per heavy atom. The van der Waals surface area contributed by atoms with Crippen molar-refractivity contribution in [3.05, 3.63) is 51.3 Å². The number of pyridine rings is 1. The summed E-state index contributed by atoms with van der Waals surface area (Å²) in [7, 11) is 0. The van der Waals surface area contributed by atoms with Crippen LogP contribution in [0.15, 0.2) is 27.4 Å². The molecular formula is C19H24N2O4. The van der Waals surface area contributed by atoms with Gasteiger partial charge in [0.15, 0.2) is 0 Å². The molecule has 0 fully saturated rings. The van der Waals surface area contributed by atoms with Gasteiger partial charge >= 0.3 is 0 Å². The zero-order valence-electron chi connectivity index (χ0n) is 14.8. The van der Waals surface area contributed by atoms with E-state index in [1.807, 2.05) is 26.0 Å². The fourth-order valence-electron chi connectivity index (χ4n) is 3.26. The molecule has 134 valence electrons. The molecule has 1 amide bonds. The van der Waals surface area contributed by atoms with Crippen molar-refractivity contribution < 1.29 is 13.9 Å². The van der Waals surface area contributed by atoms with E-state index in [4.69, 9.17) is 9.15 Å². The maximum atomic E-state index is 12.9. The molecule has 0 aromatic carbocycles. The zero-order chi connectivity index (χ0) is 17.8. The molecule has 0 spiro atoms. The van der Waals surface area contributed by atoms with Crippen molar-refractivity contribution in [2.24, 2.45) is 0 Å². The lowest BCUT2D eigenvalue weighted by Gasteiger charge is -2.18. The van der Waals surface area contributed by atoms with Gasteiger partial charge in [-0.05, 0) is 45.2 Å². The Bertz CT molecular complexity index is 819. The maximum absolute atomic E-state index is 12.9. The molecule has 0 atom stereocenters. The number of amides is 1. The van der Waals surface area contributed by atoms with E-state index in [0.717, 1.165) is 30.7 Å². The lowest BCUT2D eigenvalue weighted by atomic mass is 10.1. The molecule has 0 aliphatic carbocycles. The molecule has 0 bridgehead atoms. The Morgan fingerprint density at radius 3 is 2.88 bits per heavy atom. The number of carbonyl (C=O) groups is 1. The molecule has 0 unspecified atom stereocenters. The summed E-state index contributed by atoms with van der Waals surface area (Å²) in [6, 6.07) is 5.14. The number of hydrogen-bond donors (Lipinski definition) is 1. The topological polar surface area (TPSA) is 73.5 Å². The highest BCUT2D eigenvalue weighted by atomic mass is 16.5.